The van der Waals surface area contributed by atoms with Crippen molar-refractivity contribution in [1.82, 2.24) is 0 Å². The lowest BCUT2D eigenvalue weighted by atomic mass is 9.50. The summed E-state index contributed by atoms with van der Waals surface area (Å²) in [6.45, 7) is 19.7. The van der Waals surface area contributed by atoms with Gasteiger partial charge in [0.05, 0.1) is 0 Å². The number of rotatable bonds is 6. The van der Waals surface area contributed by atoms with Crippen LogP contribution in [0.25, 0.3) is 0 Å². The third-order valence-corrected chi connectivity index (χ3v) is 16.2. The summed E-state index contributed by atoms with van der Waals surface area (Å²) in [7, 11) is -1.70. The van der Waals surface area contributed by atoms with E-state index >= 15 is 0 Å². The molecule has 0 saturated heterocycles. The molecular weight excluding hydrogens is 420 g/mol. The van der Waals surface area contributed by atoms with E-state index in [1.54, 1.807) is 0 Å². The summed E-state index contributed by atoms with van der Waals surface area (Å²) in [6, 6.07) is 0. The lowest BCUT2D eigenvalue weighted by molar-refractivity contribution is -0.108. The Morgan fingerprint density at radius 3 is 2.48 bits per heavy atom. The molecule has 0 spiro atoms. The molecule has 7 atom stereocenters. The van der Waals surface area contributed by atoms with Crippen molar-refractivity contribution in [2.45, 2.75) is 136 Å². The van der Waals surface area contributed by atoms with Crippen molar-refractivity contribution in [2.75, 3.05) is 0 Å². The van der Waals surface area contributed by atoms with Crippen LogP contribution in [0.4, 0.5) is 0 Å². The number of allylic oxidation sites excluding steroid dienone is 2. The van der Waals surface area contributed by atoms with Gasteiger partial charge in [-0.05, 0) is 117 Å². The Morgan fingerprint density at radius 2 is 1.82 bits per heavy atom. The highest BCUT2D eigenvalue weighted by Crippen LogP contribution is 2.66. The summed E-state index contributed by atoms with van der Waals surface area (Å²) >= 11 is 0. The Bertz CT molecular complexity index is 777. The molecule has 2 nitrogen and oxygen atoms in total. The fourth-order valence-electron chi connectivity index (χ4n) is 8.63. The number of fused-ring (bicyclic) bond motifs is 4. The zero-order chi connectivity index (χ0) is 24.2. The summed E-state index contributed by atoms with van der Waals surface area (Å²) in [6.07, 6.45) is 15.5. The van der Waals surface area contributed by atoms with E-state index in [4.69, 9.17) is 4.43 Å². The molecule has 0 N–H and O–H groups in total. The van der Waals surface area contributed by atoms with Gasteiger partial charge in [0, 0.05) is 12.5 Å². The molecule has 188 valence electrons. The van der Waals surface area contributed by atoms with E-state index in [1.807, 2.05) is 11.1 Å². The molecule has 3 heteroatoms. The quantitative estimate of drug-likeness (QED) is 0.219. The number of carbonyl (C=O) groups is 1. The minimum atomic E-state index is -1.70. The van der Waals surface area contributed by atoms with E-state index in [0.29, 0.717) is 27.9 Å². The van der Waals surface area contributed by atoms with Gasteiger partial charge in [-0.2, -0.15) is 0 Å². The molecule has 0 heterocycles. The predicted molar refractivity (Wildman–Crippen MR) is 142 cm³/mol. The summed E-state index contributed by atoms with van der Waals surface area (Å²) in [5.74, 6) is 3.11. The highest BCUT2D eigenvalue weighted by molar-refractivity contribution is 6.74. The van der Waals surface area contributed by atoms with Gasteiger partial charge in [0.2, 0.25) is 0 Å². The highest BCUT2D eigenvalue weighted by Gasteiger charge is 2.56. The molecule has 0 aromatic heterocycles. The van der Waals surface area contributed by atoms with Crippen molar-refractivity contribution in [3.05, 3.63) is 11.1 Å². The molecule has 0 unspecified atom stereocenters. The number of hydrogen-bond donors (Lipinski definition) is 0. The molecule has 0 aliphatic heterocycles. The van der Waals surface area contributed by atoms with E-state index in [2.05, 4.69) is 54.6 Å². The molecule has 2 saturated carbocycles. The molecule has 4 aliphatic carbocycles. The van der Waals surface area contributed by atoms with Crippen molar-refractivity contribution >= 4 is 14.6 Å². The molecule has 4 aliphatic rings. The van der Waals surface area contributed by atoms with Gasteiger partial charge in [-0.15, -0.1) is 0 Å². The molecule has 2 fully saturated rings. The van der Waals surface area contributed by atoms with E-state index in [1.165, 1.54) is 57.8 Å². The smallest absolute Gasteiger partial charge is 0.192 e. The zero-order valence-electron chi connectivity index (χ0n) is 23.1. The minimum absolute atomic E-state index is 0.297. The van der Waals surface area contributed by atoms with Gasteiger partial charge < -0.3 is 9.22 Å². The van der Waals surface area contributed by atoms with Crippen LogP contribution in [0.15, 0.2) is 11.1 Å². The van der Waals surface area contributed by atoms with Crippen LogP contribution in [0.1, 0.15) is 112 Å². The van der Waals surface area contributed by atoms with Crippen molar-refractivity contribution in [3.63, 3.8) is 0 Å². The summed E-state index contributed by atoms with van der Waals surface area (Å²) in [4.78, 5) is 11.0. The van der Waals surface area contributed by atoms with E-state index in [-0.39, 0.29) is 0 Å². The molecule has 0 bridgehead atoms. The van der Waals surface area contributed by atoms with Crippen LogP contribution in [-0.2, 0) is 9.22 Å². The molecule has 33 heavy (non-hydrogen) atoms. The molecule has 0 aromatic rings. The second-order valence-electron chi connectivity index (χ2n) is 14.4. The van der Waals surface area contributed by atoms with Crippen LogP contribution >= 0.6 is 0 Å². The molecule has 0 radical (unpaired) electrons. The Balaban J connectivity index is 1.51. The van der Waals surface area contributed by atoms with Crippen LogP contribution in [-0.4, -0.2) is 20.7 Å². The summed E-state index contributed by atoms with van der Waals surface area (Å²) in [5, 5.41) is 0.297. The van der Waals surface area contributed by atoms with Crippen LogP contribution < -0.4 is 0 Å². The molecular formula is C30H52O2Si. The Hall–Kier alpha value is -0.413. The average Bonchev–Trinajstić information content (AvgIpc) is 3.08. The molecule has 4 rings (SSSR count). The molecule has 0 amide bonds. The van der Waals surface area contributed by atoms with Gasteiger partial charge >= 0.3 is 0 Å². The predicted octanol–water partition coefficient (Wildman–Crippen LogP) is 8.72. The maximum atomic E-state index is 11.0. The average molecular weight is 473 g/mol. The zero-order valence-corrected chi connectivity index (χ0v) is 24.1. The van der Waals surface area contributed by atoms with Crippen LogP contribution in [0.2, 0.25) is 18.1 Å². The van der Waals surface area contributed by atoms with Gasteiger partial charge in [-0.1, -0.05) is 52.7 Å². The first kappa shape index (κ1) is 25.7. The second kappa shape index (κ2) is 8.91. The fourth-order valence-corrected chi connectivity index (χ4v) is 10.0. The van der Waals surface area contributed by atoms with Gasteiger partial charge in [0.15, 0.2) is 8.32 Å². The van der Waals surface area contributed by atoms with Crippen molar-refractivity contribution in [2.24, 2.45) is 34.5 Å². The normalized spacial score (nSPS) is 40.1. The minimum Gasteiger partial charge on any atom is -0.414 e. The first-order chi connectivity index (χ1) is 15.3. The summed E-state index contributed by atoms with van der Waals surface area (Å²) in [5.41, 5.74) is 4.68. The maximum Gasteiger partial charge on any atom is 0.192 e. The third kappa shape index (κ3) is 4.37. The van der Waals surface area contributed by atoms with E-state index < -0.39 is 8.32 Å². The first-order valence-electron chi connectivity index (χ1n) is 14.2. The number of aldehydes is 1. The lowest BCUT2D eigenvalue weighted by Crippen LogP contribution is -2.49. The van der Waals surface area contributed by atoms with Gasteiger partial charge in [-0.3, -0.25) is 0 Å². The van der Waals surface area contributed by atoms with Crippen LogP contribution in [0.3, 0.4) is 0 Å². The Labute approximate surface area is 205 Å². The van der Waals surface area contributed by atoms with E-state index in [0.717, 1.165) is 36.9 Å². The van der Waals surface area contributed by atoms with Crippen LogP contribution in [0.5, 0.6) is 0 Å². The lowest BCUT2D eigenvalue weighted by Gasteiger charge is -2.56. The largest absolute Gasteiger partial charge is 0.414 e. The monoisotopic (exact) mass is 472 g/mol. The Kier molecular flexibility index (Phi) is 6.93. The van der Waals surface area contributed by atoms with Gasteiger partial charge in [0.25, 0.3) is 0 Å². The van der Waals surface area contributed by atoms with Crippen molar-refractivity contribution < 1.29 is 9.22 Å². The number of hydrogen-bond acceptors (Lipinski definition) is 2. The van der Waals surface area contributed by atoms with E-state index in [9.17, 15) is 4.79 Å². The first-order valence-corrected chi connectivity index (χ1v) is 17.1. The second-order valence-corrected chi connectivity index (χ2v) is 19.2. The topological polar surface area (TPSA) is 26.3 Å². The summed E-state index contributed by atoms with van der Waals surface area (Å²) < 4.78 is 6.93. The third-order valence-electron chi connectivity index (χ3n) is 11.7. The maximum absolute atomic E-state index is 11.0. The van der Waals surface area contributed by atoms with Crippen LogP contribution in [0, 0.1) is 34.5 Å². The van der Waals surface area contributed by atoms with Gasteiger partial charge in [0.1, 0.15) is 6.29 Å². The van der Waals surface area contributed by atoms with Gasteiger partial charge in [-0.25, -0.2) is 0 Å². The highest BCUT2D eigenvalue weighted by atomic mass is 28.4. The molecule has 0 aromatic carbocycles. The standard InChI is InChI=1S/C30H52O2Si/c1-21(10-9-19-31)25-13-14-26-24-12-11-22-20-23(32-33(7,8)28(2,3)4)15-17-29(22,5)27(24)16-18-30(25,26)6/h19,21-23,25-26H,9-18,20H2,1-8H3/t21-,22+,23+,25-,26+,29+,30-/m1/s1. The number of carbonyl (C=O) groups excluding carboxylic acids is 1. The Morgan fingerprint density at radius 1 is 1.09 bits per heavy atom. The fraction of sp³-hybridized carbons (Fsp3) is 0.900. The van der Waals surface area contributed by atoms with Crippen molar-refractivity contribution in [1.29, 1.82) is 0 Å². The SMILES string of the molecule is C[C@H](CCC=O)[C@H]1CC[C@H]2C3=C(CC[C@]12C)[C@@]1(C)CC[C@H](O[Si](C)(C)C(C)(C)C)C[C@@H]1CC3. The van der Waals surface area contributed by atoms with Crippen molar-refractivity contribution in [3.8, 4) is 0 Å².